The molecule has 2 heterocycles. The first-order chi connectivity index (χ1) is 5.79. The quantitative estimate of drug-likeness (QED) is 0.698. The molecule has 13 heavy (non-hydrogen) atoms. The van der Waals surface area contributed by atoms with E-state index in [1.807, 2.05) is 0 Å². The molecule has 0 aliphatic carbocycles. The van der Waals surface area contributed by atoms with Gasteiger partial charge in [0.25, 0.3) is 0 Å². The highest BCUT2D eigenvalue weighted by Crippen LogP contribution is 2.08. The number of aromatic nitrogens is 4. The van der Waals surface area contributed by atoms with Crippen molar-refractivity contribution in [1.82, 2.24) is 20.2 Å². The summed E-state index contributed by atoms with van der Waals surface area (Å²) in [7, 11) is 0. The fourth-order valence-corrected chi connectivity index (χ4v) is 0.900. The van der Waals surface area contributed by atoms with Crippen molar-refractivity contribution in [2.24, 2.45) is 0 Å². The number of rotatable bonds is 1. The molecule has 2 aromatic heterocycles. The molecule has 0 unspecified atom stereocenters. The maximum absolute atomic E-state index is 10.5. The van der Waals surface area contributed by atoms with Crippen molar-refractivity contribution >= 4 is 29.5 Å². The van der Waals surface area contributed by atoms with Crippen LogP contribution < -0.4 is 0 Å². The van der Waals surface area contributed by atoms with E-state index in [1.54, 1.807) is 0 Å². The molecule has 0 aliphatic rings. The predicted molar refractivity (Wildman–Crippen MR) is 45.9 cm³/mol. The number of fused-ring (bicyclic) bond motifs is 1. The van der Waals surface area contributed by atoms with Crippen LogP contribution in [0.2, 0.25) is 0 Å². The van der Waals surface area contributed by atoms with Crippen LogP contribution in [0.5, 0.6) is 0 Å². The Morgan fingerprint density at radius 2 is 2.08 bits per heavy atom. The van der Waals surface area contributed by atoms with Gasteiger partial charge in [-0.25, -0.2) is 14.8 Å². The number of nitrogens with one attached hydrogen (secondary N) is 1. The van der Waals surface area contributed by atoms with Gasteiger partial charge in [-0.05, 0) is 0 Å². The number of aromatic amines is 1. The van der Waals surface area contributed by atoms with Crippen molar-refractivity contribution in [1.29, 1.82) is 0 Å². The number of aromatic carboxylic acids is 1. The maximum Gasteiger partial charge on any atom is 0.356 e. The molecule has 2 N–H and O–H groups in total. The summed E-state index contributed by atoms with van der Waals surface area (Å²) in [5.74, 6) is -1.09. The molecule has 2 rings (SSSR count). The number of carbonyl (C=O) groups is 1. The van der Waals surface area contributed by atoms with Crippen molar-refractivity contribution in [3.8, 4) is 0 Å². The number of hydrogen-bond acceptors (Lipinski definition) is 4. The van der Waals surface area contributed by atoms with Crippen LogP contribution in [0, 0.1) is 0 Å². The fourth-order valence-electron chi connectivity index (χ4n) is 0.900. The second-order valence-corrected chi connectivity index (χ2v) is 2.13. The zero-order valence-electron chi connectivity index (χ0n) is 6.26. The minimum atomic E-state index is -1.09. The van der Waals surface area contributed by atoms with E-state index in [9.17, 15) is 4.79 Å². The van der Waals surface area contributed by atoms with Gasteiger partial charge in [-0.1, -0.05) is 0 Å². The highest BCUT2D eigenvalue weighted by molar-refractivity contribution is 5.97. The Morgan fingerprint density at radius 1 is 1.38 bits per heavy atom. The van der Waals surface area contributed by atoms with Gasteiger partial charge < -0.3 is 5.11 Å². The molecular formula is C6H5ClN4O2. The number of carboxylic acid groups (broad SMARTS) is 1. The van der Waals surface area contributed by atoms with E-state index in [4.69, 9.17) is 5.11 Å². The highest BCUT2D eigenvalue weighted by Gasteiger charge is 2.12. The van der Waals surface area contributed by atoms with E-state index in [1.165, 1.54) is 12.4 Å². The van der Waals surface area contributed by atoms with Gasteiger partial charge in [0, 0.05) is 12.4 Å². The number of carboxylic acids is 1. The first kappa shape index (κ1) is 9.40. The Kier molecular flexibility index (Phi) is 2.43. The molecule has 0 spiro atoms. The molecule has 7 heteroatoms. The third kappa shape index (κ3) is 1.43. The number of halogens is 1. The number of hydrogen-bond donors (Lipinski definition) is 2. The first-order valence-corrected chi connectivity index (χ1v) is 3.17. The van der Waals surface area contributed by atoms with Gasteiger partial charge >= 0.3 is 5.97 Å². The Balaban J connectivity index is 0.000000845. The molecule has 0 aliphatic heterocycles. The van der Waals surface area contributed by atoms with Gasteiger partial charge in [0.05, 0.1) is 0 Å². The lowest BCUT2D eigenvalue weighted by atomic mass is 10.4. The van der Waals surface area contributed by atoms with E-state index in [0.29, 0.717) is 5.65 Å². The van der Waals surface area contributed by atoms with Crippen LogP contribution >= 0.6 is 12.4 Å². The van der Waals surface area contributed by atoms with Crippen LogP contribution in [0.15, 0.2) is 12.4 Å². The zero-order valence-corrected chi connectivity index (χ0v) is 7.08. The van der Waals surface area contributed by atoms with Crippen molar-refractivity contribution in [3.63, 3.8) is 0 Å². The number of H-pyrrole nitrogens is 1. The zero-order chi connectivity index (χ0) is 8.55. The minimum absolute atomic E-state index is 0. The molecular weight excluding hydrogens is 196 g/mol. The van der Waals surface area contributed by atoms with Crippen LogP contribution in [0.1, 0.15) is 10.5 Å². The fraction of sp³-hybridized carbons (Fsp3) is 0. The molecule has 0 aromatic carbocycles. The Bertz CT molecular complexity index is 441. The second kappa shape index (κ2) is 3.36. The smallest absolute Gasteiger partial charge is 0.356 e. The van der Waals surface area contributed by atoms with Gasteiger partial charge in [-0.3, -0.25) is 5.10 Å². The van der Waals surface area contributed by atoms with Crippen LogP contribution in [0.25, 0.3) is 11.2 Å². The standard InChI is InChI=1S/C6H4N4O2.ClH/c11-6(12)4-3-5(10-9-4)8-2-1-7-3;/h1-2H,(H,11,12)(H,8,9,10);1H. The Labute approximate surface area is 78.4 Å². The largest absolute Gasteiger partial charge is 0.476 e. The second-order valence-electron chi connectivity index (χ2n) is 2.13. The lowest BCUT2D eigenvalue weighted by Crippen LogP contribution is -1.97. The van der Waals surface area contributed by atoms with Crippen LogP contribution in [0.3, 0.4) is 0 Å². The SMILES string of the molecule is Cl.O=C(O)c1[nH]nc2nccnc12. The maximum atomic E-state index is 10.5. The van der Waals surface area contributed by atoms with Crippen LogP contribution in [-0.2, 0) is 0 Å². The molecule has 2 aromatic rings. The van der Waals surface area contributed by atoms with E-state index in [2.05, 4.69) is 20.2 Å². The van der Waals surface area contributed by atoms with Crippen molar-refractivity contribution in [3.05, 3.63) is 18.1 Å². The minimum Gasteiger partial charge on any atom is -0.476 e. The molecule has 0 fully saturated rings. The predicted octanol–water partition coefficient (Wildman–Crippen LogP) is 0.473. The van der Waals surface area contributed by atoms with E-state index in [-0.39, 0.29) is 23.6 Å². The van der Waals surface area contributed by atoms with Crippen LogP contribution in [0.4, 0.5) is 0 Å². The van der Waals surface area contributed by atoms with Gasteiger partial charge in [0.1, 0.15) is 5.52 Å². The normalized spacial score (nSPS) is 9.54. The molecule has 0 amide bonds. The summed E-state index contributed by atoms with van der Waals surface area (Å²) in [5.41, 5.74) is 0.568. The van der Waals surface area contributed by atoms with Gasteiger partial charge in [0.15, 0.2) is 5.69 Å². The highest BCUT2D eigenvalue weighted by atomic mass is 35.5. The Hall–Kier alpha value is -1.69. The molecule has 0 saturated carbocycles. The van der Waals surface area contributed by atoms with Crippen molar-refractivity contribution in [2.75, 3.05) is 0 Å². The summed E-state index contributed by atoms with van der Waals surface area (Å²) in [6, 6.07) is 0. The summed E-state index contributed by atoms with van der Waals surface area (Å²) < 4.78 is 0. The molecule has 0 radical (unpaired) electrons. The topological polar surface area (TPSA) is 91.8 Å². The van der Waals surface area contributed by atoms with Gasteiger partial charge in [-0.15, -0.1) is 12.4 Å². The third-order valence-electron chi connectivity index (χ3n) is 1.40. The molecule has 0 saturated heterocycles. The third-order valence-corrected chi connectivity index (χ3v) is 1.40. The summed E-state index contributed by atoms with van der Waals surface area (Å²) in [5, 5.41) is 14.6. The average molecular weight is 201 g/mol. The summed E-state index contributed by atoms with van der Waals surface area (Å²) in [6.07, 6.45) is 2.87. The van der Waals surface area contributed by atoms with Crippen LogP contribution in [-0.4, -0.2) is 31.2 Å². The molecule has 68 valence electrons. The van der Waals surface area contributed by atoms with E-state index in [0.717, 1.165) is 0 Å². The average Bonchev–Trinajstić information content (AvgIpc) is 2.47. The first-order valence-electron chi connectivity index (χ1n) is 3.17. The summed E-state index contributed by atoms with van der Waals surface area (Å²) in [6.45, 7) is 0. The summed E-state index contributed by atoms with van der Waals surface area (Å²) >= 11 is 0. The lowest BCUT2D eigenvalue weighted by Gasteiger charge is -1.86. The van der Waals surface area contributed by atoms with Crippen molar-refractivity contribution < 1.29 is 9.90 Å². The van der Waals surface area contributed by atoms with Gasteiger partial charge in [0.2, 0.25) is 5.65 Å². The monoisotopic (exact) mass is 200 g/mol. The van der Waals surface area contributed by atoms with Crippen molar-refractivity contribution in [2.45, 2.75) is 0 Å². The molecule has 0 bridgehead atoms. The Morgan fingerprint density at radius 3 is 2.77 bits per heavy atom. The lowest BCUT2D eigenvalue weighted by molar-refractivity contribution is 0.0692. The van der Waals surface area contributed by atoms with E-state index >= 15 is 0 Å². The van der Waals surface area contributed by atoms with Gasteiger partial charge in [-0.2, -0.15) is 5.10 Å². The van der Waals surface area contributed by atoms with E-state index < -0.39 is 5.97 Å². The molecule has 0 atom stereocenters. The number of nitrogens with zero attached hydrogens (tertiary/aromatic N) is 3. The molecule has 6 nitrogen and oxygen atoms in total. The summed E-state index contributed by atoms with van der Waals surface area (Å²) in [4.78, 5) is 18.2.